The molecule has 0 aliphatic carbocycles. The van der Waals surface area contributed by atoms with Crippen molar-refractivity contribution in [3.63, 3.8) is 0 Å². The van der Waals surface area contributed by atoms with Crippen molar-refractivity contribution in [1.82, 2.24) is 9.97 Å². The van der Waals surface area contributed by atoms with Crippen LogP contribution in [0.3, 0.4) is 0 Å². The van der Waals surface area contributed by atoms with Gasteiger partial charge in [0, 0.05) is 57.4 Å². The number of H-pyrrole nitrogens is 2. The Labute approximate surface area is 377 Å². The molecule has 20 nitrogen and oxygen atoms in total. The topological polar surface area (TPSA) is 280 Å². The molecule has 6 aromatic rings. The largest absolute Gasteiger partial charge is 0.493 e. The van der Waals surface area contributed by atoms with Crippen molar-refractivity contribution >= 4 is 21.5 Å². The first-order chi connectivity index (χ1) is 30.0. The molecule has 0 fully saturated rings. The van der Waals surface area contributed by atoms with Gasteiger partial charge in [-0.1, -0.05) is 0 Å². The van der Waals surface area contributed by atoms with E-state index in [-0.39, 0.29) is 20.4 Å². The molecule has 0 atom stereocenters. The summed E-state index contributed by atoms with van der Waals surface area (Å²) in [4.78, 5) is 31.5. The van der Waals surface area contributed by atoms with Crippen molar-refractivity contribution in [3.05, 3.63) is 116 Å². The van der Waals surface area contributed by atoms with Gasteiger partial charge >= 0.3 is 0 Å². The quantitative estimate of drug-likeness (QED) is 0.0684. The number of aromatic nitrogens is 4. The molecule has 0 saturated carbocycles. The van der Waals surface area contributed by atoms with E-state index in [0.717, 1.165) is 55.0 Å². The zero-order chi connectivity index (χ0) is 46.5. The fraction of sp³-hybridized carbons (Fsp3) is 0.286. The predicted octanol–water partition coefficient (Wildman–Crippen LogP) is 6.91. The summed E-state index contributed by atoms with van der Waals surface area (Å²) >= 11 is 0. The van der Waals surface area contributed by atoms with E-state index in [1.807, 2.05) is 48.5 Å². The number of ether oxygens (including phenoxy) is 8. The normalized spacial score (nSPS) is 9.02. The third-order valence-electron chi connectivity index (χ3n) is 8.17. The number of nitrogens with one attached hydrogen (secondary N) is 2. The van der Waals surface area contributed by atoms with Crippen LogP contribution in [0.25, 0.3) is 21.5 Å². The average Bonchev–Trinajstić information content (AvgIpc) is 3.29. The maximum absolute atomic E-state index is 8.00. The Morgan fingerprint density at radius 2 is 0.778 bits per heavy atom. The monoisotopic (exact) mass is 962 g/mol. The van der Waals surface area contributed by atoms with Crippen molar-refractivity contribution in [2.45, 2.75) is 26.7 Å². The predicted molar refractivity (Wildman–Crippen MR) is 228 cm³/mol. The molecule has 0 aliphatic rings. The Morgan fingerprint density at radius 1 is 0.524 bits per heavy atom. The molecule has 0 spiro atoms. The van der Waals surface area contributed by atoms with E-state index in [4.69, 9.17) is 68.6 Å². The van der Waals surface area contributed by atoms with Crippen LogP contribution >= 0.6 is 0 Å². The fourth-order valence-electron chi connectivity index (χ4n) is 5.60. The van der Waals surface area contributed by atoms with Gasteiger partial charge in [0.05, 0.1) is 105 Å². The van der Waals surface area contributed by atoms with E-state index in [2.05, 4.69) is 19.9 Å². The van der Waals surface area contributed by atoms with E-state index in [9.17, 15) is 0 Å². The number of methoxy groups -OCH3 is 8. The van der Waals surface area contributed by atoms with Crippen LogP contribution in [0.4, 0.5) is 0 Å². The number of pyridine rings is 4. The second-order valence-corrected chi connectivity index (χ2v) is 11.5. The fourth-order valence-corrected chi connectivity index (χ4v) is 5.60. The molecule has 338 valence electrons. The van der Waals surface area contributed by atoms with Gasteiger partial charge in [-0.3, -0.25) is 9.97 Å². The van der Waals surface area contributed by atoms with Gasteiger partial charge in [-0.25, -0.2) is 9.97 Å². The molecule has 0 radical (unpaired) electrons. The summed E-state index contributed by atoms with van der Waals surface area (Å²) < 4.78 is 42.9. The molecule has 21 heteroatoms. The molecule has 0 aliphatic heterocycles. The molecular formula is C42H48N8O12Pd. The number of aromatic amines is 2. The zero-order valence-electron chi connectivity index (χ0n) is 36.2. The summed E-state index contributed by atoms with van der Waals surface area (Å²) in [5.74, 6) is 5.43. The number of nitrogens with zero attached hydrogens (tertiary/aromatic N) is 6. The standard InChI is InChI=1S/2C19H20N2O4.2C2H3N.2HNO2.Pd/c2*1-22-16-7-12-5-6-20-15(14(12)10-18(16)24-3)8-13-9-17(23-2)19(25-4)11-21-13;2*1-2-3;2*2-1-3;/h2*5-7,9-11H,8H2,1-4H3;2*1H3;2*(H,2,3);. The van der Waals surface area contributed by atoms with Gasteiger partial charge in [0.2, 0.25) is 23.9 Å². The summed E-state index contributed by atoms with van der Waals surface area (Å²) in [5.41, 5.74) is 3.80. The van der Waals surface area contributed by atoms with Crippen LogP contribution in [-0.2, 0) is 33.3 Å². The average molecular weight is 963 g/mol. The molecule has 2 aromatic carbocycles. The minimum Gasteiger partial charge on any atom is -0.493 e. The Morgan fingerprint density at radius 3 is 1.05 bits per heavy atom. The molecular weight excluding hydrogens is 915 g/mol. The van der Waals surface area contributed by atoms with E-state index in [0.29, 0.717) is 58.8 Å². The summed E-state index contributed by atoms with van der Waals surface area (Å²) in [7, 11) is 13.0. The molecule has 0 saturated heterocycles. The minimum absolute atomic E-state index is 0. The molecule has 0 bridgehead atoms. The maximum Gasteiger partial charge on any atom is 0.225 e. The van der Waals surface area contributed by atoms with Crippen molar-refractivity contribution in [2.75, 3.05) is 56.9 Å². The van der Waals surface area contributed by atoms with E-state index >= 15 is 0 Å². The van der Waals surface area contributed by atoms with Gasteiger partial charge in [0.1, 0.15) is 0 Å². The van der Waals surface area contributed by atoms with Crippen LogP contribution in [0.15, 0.2) is 84.0 Å². The Balaban J connectivity index is 0.000000964. The second-order valence-electron chi connectivity index (χ2n) is 11.5. The number of hydrogen-bond acceptors (Lipinski definition) is 18. The number of rotatable bonds is 12. The number of hydrogen-bond donors (Lipinski definition) is 0. The van der Waals surface area contributed by atoms with Gasteiger partial charge < -0.3 is 58.1 Å². The third-order valence-corrected chi connectivity index (χ3v) is 8.17. The van der Waals surface area contributed by atoms with Crippen LogP contribution in [-0.4, -0.2) is 66.8 Å². The van der Waals surface area contributed by atoms with Crippen molar-refractivity contribution in [2.24, 2.45) is 10.7 Å². The van der Waals surface area contributed by atoms with Crippen molar-refractivity contribution in [1.29, 1.82) is 10.5 Å². The summed E-state index contributed by atoms with van der Waals surface area (Å²) in [6, 6.07) is 19.1. The van der Waals surface area contributed by atoms with Crippen LogP contribution in [0.5, 0.6) is 46.0 Å². The Hall–Kier alpha value is -7.60. The van der Waals surface area contributed by atoms with Crippen LogP contribution in [0.2, 0.25) is 0 Å². The van der Waals surface area contributed by atoms with Gasteiger partial charge in [-0.05, 0) is 47.2 Å². The van der Waals surface area contributed by atoms with Crippen molar-refractivity contribution in [3.8, 4) is 58.1 Å². The smallest absolute Gasteiger partial charge is 0.225 e. The van der Waals surface area contributed by atoms with E-state index in [1.165, 1.54) is 13.8 Å². The second kappa shape index (κ2) is 31.3. The van der Waals surface area contributed by atoms with Gasteiger partial charge in [0.25, 0.3) is 0 Å². The molecule has 63 heavy (non-hydrogen) atoms. The number of benzene rings is 2. The molecule has 4 heterocycles. The number of fused-ring (bicyclic) bond motifs is 2. The van der Waals surface area contributed by atoms with E-state index in [1.54, 1.807) is 93.8 Å². The molecule has 2 N–H and O–H groups in total. The molecule has 0 unspecified atom stereocenters. The van der Waals surface area contributed by atoms with E-state index < -0.39 is 0 Å². The van der Waals surface area contributed by atoms with Crippen molar-refractivity contribution < 1.29 is 68.3 Å². The van der Waals surface area contributed by atoms with Gasteiger partial charge in [0.15, 0.2) is 45.9 Å². The molecule has 4 aromatic heterocycles. The number of nitriles is 2. The van der Waals surface area contributed by atoms with Crippen LogP contribution < -0.4 is 47.9 Å². The van der Waals surface area contributed by atoms with Gasteiger partial charge in [-0.15, -0.1) is 10.7 Å². The molecule has 6 rings (SSSR count). The molecule has 0 amide bonds. The maximum atomic E-state index is 8.00. The Kier molecular flexibility index (Phi) is 27.5. The first kappa shape index (κ1) is 55.4. The van der Waals surface area contributed by atoms with Crippen LogP contribution in [0.1, 0.15) is 36.6 Å². The zero-order valence-corrected chi connectivity index (χ0v) is 37.8. The van der Waals surface area contributed by atoms with Crippen LogP contribution in [0, 0.1) is 42.9 Å². The summed E-state index contributed by atoms with van der Waals surface area (Å²) in [5, 5.41) is 36.8. The Bertz CT molecular complexity index is 2250. The first-order valence-electron chi connectivity index (χ1n) is 17.8. The minimum atomic E-state index is 0. The SMILES string of the molecule is CC#N.CC#N.COc1c[nH+]c(Cc2nccc3cc(OC)c(OC)cc23)cc1OC.COc1c[nH+]c(Cc2nccc3cc(OC)c(OC)cc23)cc1OC.O=N[O-].O=N[O-].[Pd]. The van der Waals surface area contributed by atoms with Gasteiger partial charge in [-0.2, -0.15) is 10.5 Å². The first-order valence-corrected chi connectivity index (χ1v) is 17.8. The summed E-state index contributed by atoms with van der Waals surface area (Å²) in [6.07, 6.45) is 8.39. The summed E-state index contributed by atoms with van der Waals surface area (Å²) in [6.45, 7) is 2.86. The third kappa shape index (κ3) is 16.8.